The molecule has 0 bridgehead atoms. The van der Waals surface area contributed by atoms with Crippen molar-refractivity contribution in [1.82, 2.24) is 20.4 Å². The highest BCUT2D eigenvalue weighted by Crippen LogP contribution is 2.21. The van der Waals surface area contributed by atoms with Gasteiger partial charge in [-0.2, -0.15) is 4.98 Å². The van der Waals surface area contributed by atoms with Crippen molar-refractivity contribution in [2.45, 2.75) is 45.4 Å². The van der Waals surface area contributed by atoms with Gasteiger partial charge in [0.05, 0.1) is 4.88 Å². The molecule has 1 fully saturated rings. The van der Waals surface area contributed by atoms with Crippen LogP contribution >= 0.6 is 11.3 Å². The molecule has 0 saturated carbocycles. The van der Waals surface area contributed by atoms with Crippen LogP contribution in [0.15, 0.2) is 22.0 Å². The molecule has 0 aromatic carbocycles. The number of hydrogen-bond acceptors (Lipinski definition) is 6. The molecule has 3 heterocycles. The van der Waals surface area contributed by atoms with E-state index in [4.69, 9.17) is 4.52 Å². The second-order valence-corrected chi connectivity index (χ2v) is 8.09. The minimum Gasteiger partial charge on any atom is -0.356 e. The molecule has 0 radical (unpaired) electrons. The lowest BCUT2D eigenvalue weighted by molar-refractivity contribution is -0.126. The molecule has 2 amide bonds. The number of carbonyl (C=O) groups excluding carboxylic acids is 2. The SMILES string of the molecule is CC(C)c1noc(CCCNC(=O)C2CCN(C(=O)c3cccs3)CC2)n1. The zero-order valence-corrected chi connectivity index (χ0v) is 16.6. The topological polar surface area (TPSA) is 88.3 Å². The van der Waals surface area contributed by atoms with Crippen LogP contribution in [0.4, 0.5) is 0 Å². The van der Waals surface area contributed by atoms with Crippen molar-refractivity contribution in [3.8, 4) is 0 Å². The van der Waals surface area contributed by atoms with Gasteiger partial charge in [0.1, 0.15) is 0 Å². The molecule has 1 N–H and O–H groups in total. The molecule has 8 heteroatoms. The molecule has 27 heavy (non-hydrogen) atoms. The molecule has 0 unspecified atom stereocenters. The Morgan fingerprint density at radius 3 is 2.78 bits per heavy atom. The second-order valence-electron chi connectivity index (χ2n) is 7.14. The first-order valence-electron chi connectivity index (χ1n) is 9.47. The Morgan fingerprint density at radius 1 is 1.37 bits per heavy atom. The van der Waals surface area contributed by atoms with Crippen molar-refractivity contribution in [1.29, 1.82) is 0 Å². The van der Waals surface area contributed by atoms with Gasteiger partial charge in [0.25, 0.3) is 5.91 Å². The fraction of sp³-hybridized carbons (Fsp3) is 0.579. The molecule has 0 spiro atoms. The van der Waals surface area contributed by atoms with Crippen LogP contribution in [0.25, 0.3) is 0 Å². The normalized spacial score (nSPS) is 15.3. The second kappa shape index (κ2) is 9.12. The van der Waals surface area contributed by atoms with Crippen LogP contribution in [-0.2, 0) is 11.2 Å². The van der Waals surface area contributed by atoms with Gasteiger partial charge in [0, 0.05) is 37.9 Å². The maximum Gasteiger partial charge on any atom is 0.263 e. The number of hydrogen-bond donors (Lipinski definition) is 1. The van der Waals surface area contributed by atoms with Crippen molar-refractivity contribution in [3.63, 3.8) is 0 Å². The number of aromatic nitrogens is 2. The third kappa shape index (κ3) is 5.15. The molecule has 2 aromatic heterocycles. The predicted molar refractivity (Wildman–Crippen MR) is 103 cm³/mol. The molecule has 1 saturated heterocycles. The number of likely N-dealkylation sites (tertiary alicyclic amines) is 1. The zero-order valence-electron chi connectivity index (χ0n) is 15.8. The molecule has 7 nitrogen and oxygen atoms in total. The summed E-state index contributed by atoms with van der Waals surface area (Å²) in [6, 6.07) is 3.73. The van der Waals surface area contributed by atoms with Crippen molar-refractivity contribution < 1.29 is 14.1 Å². The third-order valence-electron chi connectivity index (χ3n) is 4.75. The maximum atomic E-state index is 12.3. The van der Waals surface area contributed by atoms with Crippen LogP contribution in [0.2, 0.25) is 0 Å². The predicted octanol–water partition coefficient (Wildman–Crippen LogP) is 2.86. The Kier molecular flexibility index (Phi) is 6.60. The summed E-state index contributed by atoms with van der Waals surface area (Å²) in [6.07, 6.45) is 2.85. The smallest absolute Gasteiger partial charge is 0.263 e. The van der Waals surface area contributed by atoms with E-state index in [2.05, 4.69) is 15.5 Å². The van der Waals surface area contributed by atoms with E-state index in [1.165, 1.54) is 11.3 Å². The highest BCUT2D eigenvalue weighted by Gasteiger charge is 2.27. The van der Waals surface area contributed by atoms with E-state index in [1.807, 2.05) is 36.3 Å². The van der Waals surface area contributed by atoms with Gasteiger partial charge in [-0.05, 0) is 30.7 Å². The van der Waals surface area contributed by atoms with Crippen LogP contribution in [0.1, 0.15) is 60.4 Å². The van der Waals surface area contributed by atoms with E-state index >= 15 is 0 Å². The van der Waals surface area contributed by atoms with E-state index in [-0.39, 0.29) is 23.7 Å². The van der Waals surface area contributed by atoms with Crippen molar-refractivity contribution in [3.05, 3.63) is 34.1 Å². The molecular formula is C19H26N4O3S. The highest BCUT2D eigenvalue weighted by molar-refractivity contribution is 7.12. The Hall–Kier alpha value is -2.22. The molecular weight excluding hydrogens is 364 g/mol. The summed E-state index contributed by atoms with van der Waals surface area (Å²) < 4.78 is 5.20. The quantitative estimate of drug-likeness (QED) is 0.735. The van der Waals surface area contributed by atoms with Gasteiger partial charge in [-0.3, -0.25) is 9.59 Å². The lowest BCUT2D eigenvalue weighted by Gasteiger charge is -2.31. The van der Waals surface area contributed by atoms with Crippen LogP contribution in [0, 0.1) is 5.92 Å². The summed E-state index contributed by atoms with van der Waals surface area (Å²) in [5.41, 5.74) is 0. The molecule has 3 rings (SSSR count). The summed E-state index contributed by atoms with van der Waals surface area (Å²) in [5, 5.41) is 8.84. The lowest BCUT2D eigenvalue weighted by Crippen LogP contribution is -2.43. The van der Waals surface area contributed by atoms with Gasteiger partial charge in [0.2, 0.25) is 11.8 Å². The number of rotatable bonds is 7. The first kappa shape index (κ1) is 19.5. The minimum absolute atomic E-state index is 0.0201. The van der Waals surface area contributed by atoms with Crippen LogP contribution in [0.5, 0.6) is 0 Å². The number of nitrogens with zero attached hydrogens (tertiary/aromatic N) is 3. The monoisotopic (exact) mass is 390 g/mol. The largest absolute Gasteiger partial charge is 0.356 e. The molecule has 2 aromatic rings. The summed E-state index contributed by atoms with van der Waals surface area (Å²) in [5.74, 6) is 1.72. The average molecular weight is 391 g/mol. The number of carbonyl (C=O) groups is 2. The number of thiophene rings is 1. The van der Waals surface area contributed by atoms with E-state index in [1.54, 1.807) is 0 Å². The van der Waals surface area contributed by atoms with Gasteiger partial charge >= 0.3 is 0 Å². The van der Waals surface area contributed by atoms with E-state index in [0.29, 0.717) is 44.8 Å². The maximum absolute atomic E-state index is 12.3. The molecule has 0 atom stereocenters. The fourth-order valence-electron chi connectivity index (χ4n) is 3.10. The Balaban J connectivity index is 1.35. The standard InChI is InChI=1S/C19H26N4O3S/c1-13(2)17-21-16(26-22-17)6-3-9-20-18(24)14-7-10-23(11-8-14)19(25)15-5-4-12-27-15/h4-5,12-14H,3,6-11H2,1-2H3,(H,20,24). The van der Waals surface area contributed by atoms with Gasteiger partial charge in [-0.15, -0.1) is 11.3 Å². The van der Waals surface area contributed by atoms with Crippen LogP contribution < -0.4 is 5.32 Å². The average Bonchev–Trinajstić information content (AvgIpc) is 3.36. The summed E-state index contributed by atoms with van der Waals surface area (Å²) in [4.78, 5) is 31.6. The van der Waals surface area contributed by atoms with Crippen LogP contribution in [0.3, 0.4) is 0 Å². The van der Waals surface area contributed by atoms with Crippen molar-refractivity contribution in [2.75, 3.05) is 19.6 Å². The number of nitrogens with one attached hydrogen (secondary N) is 1. The van der Waals surface area contributed by atoms with E-state index < -0.39 is 0 Å². The zero-order chi connectivity index (χ0) is 19.2. The van der Waals surface area contributed by atoms with E-state index in [9.17, 15) is 9.59 Å². The molecule has 1 aliphatic heterocycles. The fourth-order valence-corrected chi connectivity index (χ4v) is 3.79. The van der Waals surface area contributed by atoms with E-state index in [0.717, 1.165) is 17.1 Å². The van der Waals surface area contributed by atoms with Gasteiger partial charge in [0.15, 0.2) is 5.82 Å². The summed E-state index contributed by atoms with van der Waals surface area (Å²) >= 11 is 1.46. The third-order valence-corrected chi connectivity index (χ3v) is 5.61. The van der Waals surface area contributed by atoms with Gasteiger partial charge < -0.3 is 14.7 Å². The number of piperidine rings is 1. The summed E-state index contributed by atoms with van der Waals surface area (Å²) in [6.45, 7) is 5.90. The molecule has 146 valence electrons. The minimum atomic E-state index is -0.0201. The highest BCUT2D eigenvalue weighted by atomic mass is 32.1. The Labute approximate surface area is 163 Å². The van der Waals surface area contributed by atoms with Crippen molar-refractivity contribution in [2.24, 2.45) is 5.92 Å². The van der Waals surface area contributed by atoms with Gasteiger partial charge in [-0.25, -0.2) is 0 Å². The Bertz CT molecular complexity index is 749. The Morgan fingerprint density at radius 2 is 2.15 bits per heavy atom. The summed E-state index contributed by atoms with van der Waals surface area (Å²) in [7, 11) is 0. The number of aryl methyl sites for hydroxylation is 1. The molecule has 1 aliphatic rings. The first-order chi connectivity index (χ1) is 13.0. The first-order valence-corrected chi connectivity index (χ1v) is 10.4. The lowest BCUT2D eigenvalue weighted by atomic mass is 9.95. The molecule has 0 aliphatic carbocycles. The number of amides is 2. The van der Waals surface area contributed by atoms with Crippen molar-refractivity contribution >= 4 is 23.2 Å². The van der Waals surface area contributed by atoms with Gasteiger partial charge in [-0.1, -0.05) is 25.1 Å². The van der Waals surface area contributed by atoms with Crippen LogP contribution in [-0.4, -0.2) is 46.5 Å².